The van der Waals surface area contributed by atoms with Crippen molar-refractivity contribution in [3.05, 3.63) is 17.0 Å². The standard InChI is InChI=1S/C13H20ClN3/c1-4-13(5-2)6-7-17(9-13)11-8-10(3)15-12(14)16-11/h8H,4-7,9H2,1-3H3. The molecule has 4 heteroatoms. The van der Waals surface area contributed by atoms with Crippen LogP contribution in [0.25, 0.3) is 0 Å². The summed E-state index contributed by atoms with van der Waals surface area (Å²) in [5, 5.41) is 0.352. The number of aryl methyl sites for hydroxylation is 1. The number of hydrogen-bond acceptors (Lipinski definition) is 3. The molecule has 0 aromatic carbocycles. The zero-order valence-electron chi connectivity index (χ0n) is 10.8. The fraction of sp³-hybridized carbons (Fsp3) is 0.692. The van der Waals surface area contributed by atoms with Gasteiger partial charge in [0.15, 0.2) is 0 Å². The summed E-state index contributed by atoms with van der Waals surface area (Å²) in [5.74, 6) is 0.978. The van der Waals surface area contributed by atoms with E-state index in [0.717, 1.165) is 24.6 Å². The molecule has 0 spiro atoms. The lowest BCUT2D eigenvalue weighted by Gasteiger charge is -2.26. The van der Waals surface area contributed by atoms with Gasteiger partial charge in [0.2, 0.25) is 5.28 Å². The van der Waals surface area contributed by atoms with Crippen molar-refractivity contribution < 1.29 is 0 Å². The fourth-order valence-corrected chi connectivity index (χ4v) is 2.86. The zero-order valence-corrected chi connectivity index (χ0v) is 11.6. The van der Waals surface area contributed by atoms with Crippen LogP contribution >= 0.6 is 11.6 Å². The summed E-state index contributed by atoms with van der Waals surface area (Å²) in [6.07, 6.45) is 3.72. The van der Waals surface area contributed by atoms with Crippen molar-refractivity contribution in [2.45, 2.75) is 40.0 Å². The van der Waals surface area contributed by atoms with Crippen LogP contribution in [-0.4, -0.2) is 23.1 Å². The van der Waals surface area contributed by atoms with E-state index in [4.69, 9.17) is 11.6 Å². The lowest BCUT2D eigenvalue weighted by atomic mass is 9.82. The second-order valence-electron chi connectivity index (χ2n) is 5.02. The number of nitrogens with zero attached hydrogens (tertiary/aromatic N) is 3. The van der Waals surface area contributed by atoms with Crippen LogP contribution < -0.4 is 4.90 Å². The predicted octanol–water partition coefficient (Wildman–Crippen LogP) is 3.45. The van der Waals surface area contributed by atoms with Gasteiger partial charge >= 0.3 is 0 Å². The van der Waals surface area contributed by atoms with Crippen LogP contribution in [0.15, 0.2) is 6.07 Å². The first-order valence-electron chi connectivity index (χ1n) is 6.35. The van der Waals surface area contributed by atoms with E-state index in [-0.39, 0.29) is 0 Å². The Kier molecular flexibility index (Phi) is 3.57. The summed E-state index contributed by atoms with van der Waals surface area (Å²) in [5.41, 5.74) is 1.40. The minimum absolute atomic E-state index is 0.352. The van der Waals surface area contributed by atoms with Crippen molar-refractivity contribution in [2.75, 3.05) is 18.0 Å². The van der Waals surface area contributed by atoms with E-state index >= 15 is 0 Å². The summed E-state index contributed by atoms with van der Waals surface area (Å²) in [6, 6.07) is 2.02. The summed E-state index contributed by atoms with van der Waals surface area (Å²) < 4.78 is 0. The van der Waals surface area contributed by atoms with Gasteiger partial charge in [-0.2, -0.15) is 0 Å². The van der Waals surface area contributed by atoms with E-state index in [2.05, 4.69) is 28.7 Å². The Bertz CT molecular complexity index is 381. The van der Waals surface area contributed by atoms with E-state index in [1.54, 1.807) is 0 Å². The first kappa shape index (κ1) is 12.6. The molecule has 2 heterocycles. The van der Waals surface area contributed by atoms with Crippen molar-refractivity contribution in [1.82, 2.24) is 9.97 Å². The first-order chi connectivity index (χ1) is 8.08. The first-order valence-corrected chi connectivity index (χ1v) is 6.72. The quantitative estimate of drug-likeness (QED) is 0.773. The Morgan fingerprint density at radius 1 is 1.35 bits per heavy atom. The molecule has 17 heavy (non-hydrogen) atoms. The number of halogens is 1. The molecule has 0 saturated carbocycles. The van der Waals surface area contributed by atoms with Crippen LogP contribution in [0, 0.1) is 12.3 Å². The number of hydrogen-bond donors (Lipinski definition) is 0. The van der Waals surface area contributed by atoms with Crippen molar-refractivity contribution >= 4 is 17.4 Å². The second-order valence-corrected chi connectivity index (χ2v) is 5.35. The average Bonchev–Trinajstić information content (AvgIpc) is 2.73. The molecular formula is C13H20ClN3. The monoisotopic (exact) mass is 253 g/mol. The van der Waals surface area contributed by atoms with Gasteiger partial charge in [-0.05, 0) is 43.2 Å². The molecule has 2 rings (SSSR count). The van der Waals surface area contributed by atoms with E-state index in [9.17, 15) is 0 Å². The molecule has 0 unspecified atom stereocenters. The van der Waals surface area contributed by atoms with Crippen molar-refractivity contribution in [3.8, 4) is 0 Å². The lowest BCUT2D eigenvalue weighted by molar-refractivity contribution is 0.301. The highest BCUT2D eigenvalue weighted by Gasteiger charge is 2.35. The highest BCUT2D eigenvalue weighted by molar-refractivity contribution is 6.28. The van der Waals surface area contributed by atoms with Crippen molar-refractivity contribution in [3.63, 3.8) is 0 Å². The zero-order chi connectivity index (χ0) is 12.5. The number of anilines is 1. The summed E-state index contributed by atoms with van der Waals surface area (Å²) in [7, 11) is 0. The molecule has 3 nitrogen and oxygen atoms in total. The van der Waals surface area contributed by atoms with E-state index in [0.29, 0.717) is 10.7 Å². The Morgan fingerprint density at radius 2 is 2.06 bits per heavy atom. The highest BCUT2D eigenvalue weighted by atomic mass is 35.5. The highest BCUT2D eigenvalue weighted by Crippen LogP contribution is 2.38. The molecule has 1 aromatic rings. The molecule has 1 fully saturated rings. The molecular weight excluding hydrogens is 234 g/mol. The third-order valence-electron chi connectivity index (χ3n) is 4.08. The maximum atomic E-state index is 5.92. The van der Waals surface area contributed by atoms with E-state index in [1.807, 2.05) is 13.0 Å². The molecule has 0 bridgehead atoms. The number of aromatic nitrogens is 2. The normalized spacial score (nSPS) is 18.7. The van der Waals surface area contributed by atoms with Gasteiger partial charge < -0.3 is 4.90 Å². The summed E-state index contributed by atoms with van der Waals surface area (Å²) in [4.78, 5) is 10.8. The molecule has 0 amide bonds. The molecule has 0 N–H and O–H groups in total. The van der Waals surface area contributed by atoms with Crippen LogP contribution in [-0.2, 0) is 0 Å². The van der Waals surface area contributed by atoms with Gasteiger partial charge in [-0.25, -0.2) is 9.97 Å². The molecule has 0 atom stereocenters. The summed E-state index contributed by atoms with van der Waals surface area (Å²) >= 11 is 5.92. The summed E-state index contributed by atoms with van der Waals surface area (Å²) in [6.45, 7) is 8.69. The topological polar surface area (TPSA) is 29.0 Å². The third kappa shape index (κ3) is 2.54. The number of rotatable bonds is 3. The minimum Gasteiger partial charge on any atom is -0.356 e. The molecule has 1 aromatic heterocycles. The van der Waals surface area contributed by atoms with Crippen LogP contribution in [0.5, 0.6) is 0 Å². The fourth-order valence-electron chi connectivity index (χ4n) is 2.64. The molecule has 0 radical (unpaired) electrons. The van der Waals surface area contributed by atoms with Gasteiger partial charge in [0.25, 0.3) is 0 Å². The Morgan fingerprint density at radius 3 is 2.59 bits per heavy atom. The molecule has 1 aliphatic heterocycles. The van der Waals surface area contributed by atoms with E-state index in [1.165, 1.54) is 19.3 Å². The van der Waals surface area contributed by atoms with Gasteiger partial charge in [0.05, 0.1) is 0 Å². The van der Waals surface area contributed by atoms with E-state index < -0.39 is 0 Å². The molecule has 94 valence electrons. The third-order valence-corrected chi connectivity index (χ3v) is 4.24. The van der Waals surface area contributed by atoms with Crippen LogP contribution in [0.4, 0.5) is 5.82 Å². The van der Waals surface area contributed by atoms with Gasteiger partial charge in [-0.1, -0.05) is 13.8 Å². The Labute approximate surface area is 108 Å². The van der Waals surface area contributed by atoms with Crippen LogP contribution in [0.3, 0.4) is 0 Å². The molecule has 1 aliphatic rings. The maximum absolute atomic E-state index is 5.92. The lowest BCUT2D eigenvalue weighted by Crippen LogP contribution is -2.26. The van der Waals surface area contributed by atoms with Gasteiger partial charge in [0, 0.05) is 24.8 Å². The van der Waals surface area contributed by atoms with Crippen LogP contribution in [0.2, 0.25) is 5.28 Å². The largest absolute Gasteiger partial charge is 0.356 e. The maximum Gasteiger partial charge on any atom is 0.224 e. The smallest absolute Gasteiger partial charge is 0.224 e. The van der Waals surface area contributed by atoms with Gasteiger partial charge in [-0.15, -0.1) is 0 Å². The Hall–Kier alpha value is -0.830. The average molecular weight is 254 g/mol. The van der Waals surface area contributed by atoms with Gasteiger partial charge in [0.1, 0.15) is 5.82 Å². The van der Waals surface area contributed by atoms with Crippen molar-refractivity contribution in [1.29, 1.82) is 0 Å². The predicted molar refractivity (Wildman–Crippen MR) is 71.6 cm³/mol. The molecule has 0 aliphatic carbocycles. The van der Waals surface area contributed by atoms with Crippen molar-refractivity contribution in [2.24, 2.45) is 5.41 Å². The Balaban J connectivity index is 2.20. The second kappa shape index (κ2) is 4.81. The minimum atomic E-state index is 0.352. The SMILES string of the molecule is CCC1(CC)CCN(c2cc(C)nc(Cl)n2)C1. The molecule has 1 saturated heterocycles. The van der Waals surface area contributed by atoms with Crippen LogP contribution in [0.1, 0.15) is 38.8 Å². The van der Waals surface area contributed by atoms with Gasteiger partial charge in [-0.3, -0.25) is 0 Å².